The lowest BCUT2D eigenvalue weighted by atomic mass is 9.65. The Hall–Kier alpha value is -4.44. The summed E-state index contributed by atoms with van der Waals surface area (Å²) in [6.07, 6.45) is 0.657. The van der Waals surface area contributed by atoms with Crippen LogP contribution >= 0.6 is 0 Å². The maximum absolute atomic E-state index is 13.5. The predicted octanol–water partition coefficient (Wildman–Crippen LogP) is 6.15. The number of hydrogen-bond donors (Lipinski definition) is 1. The number of carbonyl (C=O) groups excluding carboxylic acids is 2. The quantitative estimate of drug-likeness (QED) is 0.269. The fourth-order valence-electron chi connectivity index (χ4n) is 6.19. The number of fused-ring (bicyclic) bond motifs is 1. The van der Waals surface area contributed by atoms with Crippen molar-refractivity contribution in [2.45, 2.75) is 63.8 Å². The first kappa shape index (κ1) is 29.1. The lowest BCUT2D eigenvalue weighted by Crippen LogP contribution is -2.55. The second-order valence-electron chi connectivity index (χ2n) is 11.4. The van der Waals surface area contributed by atoms with Crippen LogP contribution in [0.5, 0.6) is 5.75 Å². The molecular weight excluding hydrogens is 554 g/mol. The molecular formula is C32H33N3O6S. The van der Waals surface area contributed by atoms with Crippen molar-refractivity contribution in [3.05, 3.63) is 101 Å². The number of aromatic nitrogens is 1. The predicted molar refractivity (Wildman–Crippen MR) is 159 cm³/mol. The normalized spacial score (nSPS) is 17.8. The summed E-state index contributed by atoms with van der Waals surface area (Å²) in [5.41, 5.74) is 2.52. The Morgan fingerprint density at radius 2 is 1.64 bits per heavy atom. The highest BCUT2D eigenvalue weighted by atomic mass is 32.2. The van der Waals surface area contributed by atoms with Gasteiger partial charge in [0.15, 0.2) is 16.4 Å². The molecule has 3 aromatic carbocycles. The third kappa shape index (κ3) is 5.07. The average molecular weight is 588 g/mol. The summed E-state index contributed by atoms with van der Waals surface area (Å²) in [6.45, 7) is 10.8. The van der Waals surface area contributed by atoms with Gasteiger partial charge in [-0.1, -0.05) is 54.5 Å². The van der Waals surface area contributed by atoms with E-state index in [-0.39, 0.29) is 33.6 Å². The van der Waals surface area contributed by atoms with E-state index in [0.717, 1.165) is 16.8 Å². The highest BCUT2D eigenvalue weighted by Crippen LogP contribution is 2.51. The van der Waals surface area contributed by atoms with Crippen LogP contribution in [0.25, 0.3) is 0 Å². The van der Waals surface area contributed by atoms with Crippen molar-refractivity contribution in [1.29, 1.82) is 0 Å². The van der Waals surface area contributed by atoms with Crippen LogP contribution in [-0.4, -0.2) is 30.9 Å². The zero-order valence-corrected chi connectivity index (χ0v) is 25.2. The van der Waals surface area contributed by atoms with Gasteiger partial charge >= 0.3 is 10.1 Å². The van der Waals surface area contributed by atoms with E-state index in [1.54, 1.807) is 30.0 Å². The molecule has 1 aromatic heterocycles. The third-order valence-electron chi connectivity index (χ3n) is 7.76. The van der Waals surface area contributed by atoms with E-state index in [1.807, 2.05) is 30.3 Å². The molecule has 9 nitrogen and oxygen atoms in total. The Morgan fingerprint density at radius 3 is 2.29 bits per heavy atom. The van der Waals surface area contributed by atoms with Crippen molar-refractivity contribution in [3.8, 4) is 5.75 Å². The fourth-order valence-corrected chi connectivity index (χ4v) is 7.45. The number of hydrogen-bond acceptors (Lipinski definition) is 7. The summed E-state index contributed by atoms with van der Waals surface area (Å²) in [5.74, 6) is -0.668. The van der Waals surface area contributed by atoms with Crippen molar-refractivity contribution >= 4 is 33.3 Å². The minimum atomic E-state index is -4.32. The van der Waals surface area contributed by atoms with E-state index in [9.17, 15) is 18.0 Å². The highest BCUT2D eigenvalue weighted by molar-refractivity contribution is 7.87. The van der Waals surface area contributed by atoms with Gasteiger partial charge in [0, 0.05) is 29.3 Å². The molecule has 0 aliphatic carbocycles. The van der Waals surface area contributed by atoms with Crippen LogP contribution in [0, 0.1) is 13.8 Å². The Bertz CT molecular complexity index is 1780. The molecule has 2 amide bonds. The van der Waals surface area contributed by atoms with Gasteiger partial charge in [0.05, 0.1) is 5.56 Å². The molecule has 0 bridgehead atoms. The number of rotatable bonds is 6. The van der Waals surface area contributed by atoms with Crippen LogP contribution < -0.4 is 14.4 Å². The number of anilines is 2. The molecule has 1 aliphatic heterocycles. The summed E-state index contributed by atoms with van der Waals surface area (Å²) < 4.78 is 36.5. The largest absolute Gasteiger partial charge is 0.378 e. The van der Waals surface area contributed by atoms with Crippen molar-refractivity contribution in [2.24, 2.45) is 0 Å². The van der Waals surface area contributed by atoms with E-state index in [1.165, 1.54) is 26.0 Å². The van der Waals surface area contributed by atoms with Gasteiger partial charge in [-0.3, -0.25) is 9.59 Å². The molecule has 218 valence electrons. The van der Waals surface area contributed by atoms with E-state index < -0.39 is 27.0 Å². The molecule has 10 heteroatoms. The van der Waals surface area contributed by atoms with Crippen LogP contribution in [0.15, 0.2) is 82.2 Å². The summed E-state index contributed by atoms with van der Waals surface area (Å²) in [4.78, 5) is 28.0. The van der Waals surface area contributed by atoms with Crippen LogP contribution in [-0.2, 0) is 20.3 Å². The molecule has 0 spiro atoms. The number of benzene rings is 3. The summed E-state index contributed by atoms with van der Waals surface area (Å²) in [5, 5.41) is 6.59. The second kappa shape index (κ2) is 10.4. The van der Waals surface area contributed by atoms with Crippen LogP contribution in [0.1, 0.15) is 67.1 Å². The van der Waals surface area contributed by atoms with Gasteiger partial charge < -0.3 is 18.9 Å². The molecule has 2 heterocycles. The number of para-hydroxylation sites is 1. The fraction of sp³-hybridized carbons (Fsp3) is 0.281. The molecule has 0 radical (unpaired) electrons. The molecule has 0 fully saturated rings. The Morgan fingerprint density at radius 1 is 0.976 bits per heavy atom. The van der Waals surface area contributed by atoms with Gasteiger partial charge in [0.1, 0.15) is 5.69 Å². The lowest BCUT2D eigenvalue weighted by Gasteiger charge is -2.51. The molecule has 0 saturated heterocycles. The number of amides is 2. The lowest BCUT2D eigenvalue weighted by molar-refractivity contribution is -0.117. The topological polar surface area (TPSA) is 119 Å². The second-order valence-corrected chi connectivity index (χ2v) is 12.9. The van der Waals surface area contributed by atoms with E-state index in [4.69, 9.17) is 8.71 Å². The van der Waals surface area contributed by atoms with Gasteiger partial charge in [-0.25, -0.2) is 0 Å². The van der Waals surface area contributed by atoms with Gasteiger partial charge in [-0.15, -0.1) is 0 Å². The zero-order chi connectivity index (χ0) is 30.4. The highest BCUT2D eigenvalue weighted by Gasteiger charge is 2.47. The molecule has 5 rings (SSSR count). The maximum atomic E-state index is 13.5. The van der Waals surface area contributed by atoms with Gasteiger partial charge in [-0.05, 0) is 75.6 Å². The number of aryl methyl sites for hydroxylation is 2. The summed E-state index contributed by atoms with van der Waals surface area (Å²) >= 11 is 0. The first-order chi connectivity index (χ1) is 19.7. The van der Waals surface area contributed by atoms with Crippen molar-refractivity contribution in [3.63, 3.8) is 0 Å². The van der Waals surface area contributed by atoms with Gasteiger partial charge in [0.25, 0.3) is 5.91 Å². The smallest absolute Gasteiger partial charge is 0.344 e. The van der Waals surface area contributed by atoms with Crippen molar-refractivity contribution < 1.29 is 26.7 Å². The third-order valence-corrected chi connectivity index (χ3v) is 9.24. The molecule has 4 aromatic rings. The molecule has 1 aliphatic rings. The van der Waals surface area contributed by atoms with Gasteiger partial charge in [0.2, 0.25) is 5.91 Å². The Labute approximate surface area is 245 Å². The molecule has 1 unspecified atom stereocenters. The van der Waals surface area contributed by atoms with Crippen molar-refractivity contribution in [1.82, 2.24) is 5.16 Å². The summed E-state index contributed by atoms with van der Waals surface area (Å²) in [6, 6.07) is 21.7. The van der Waals surface area contributed by atoms with Crippen LogP contribution in [0.2, 0.25) is 0 Å². The monoisotopic (exact) mass is 587 g/mol. The van der Waals surface area contributed by atoms with E-state index in [2.05, 4.69) is 43.4 Å². The molecule has 1 N–H and O–H groups in total. The first-order valence-corrected chi connectivity index (χ1v) is 14.9. The van der Waals surface area contributed by atoms with Crippen molar-refractivity contribution in [2.75, 3.05) is 10.2 Å². The minimum absolute atomic E-state index is 0.0304. The van der Waals surface area contributed by atoms with E-state index in [0.29, 0.717) is 12.1 Å². The SMILES string of the molecule is CC(=O)N1c2ccc(NC(=O)c3ccccc3OS(=O)(=O)c3c(C)noc3C)cc2C(C)(c2ccccc2)CC1(C)C. The molecule has 0 saturated carbocycles. The maximum Gasteiger partial charge on any atom is 0.344 e. The molecule has 42 heavy (non-hydrogen) atoms. The van der Waals surface area contributed by atoms with Crippen LogP contribution in [0.3, 0.4) is 0 Å². The zero-order valence-electron chi connectivity index (χ0n) is 24.4. The number of nitrogens with one attached hydrogen (secondary N) is 1. The minimum Gasteiger partial charge on any atom is -0.378 e. The number of carbonyl (C=O) groups is 2. The Balaban J connectivity index is 1.52. The van der Waals surface area contributed by atoms with Crippen LogP contribution in [0.4, 0.5) is 11.4 Å². The Kier molecular flexibility index (Phi) is 7.22. The average Bonchev–Trinajstić information content (AvgIpc) is 3.27. The molecule has 1 atom stereocenters. The standard InChI is InChI=1S/C32H33N3O6S/c1-20-29(21(2)40-34-20)42(38,39)41-28-15-11-10-14-25(28)30(37)33-24-16-17-27-26(18-24)32(6,23-12-8-7-9-13-23)19-31(4,5)35(27)22(3)36/h7-18H,19H2,1-6H3,(H,33,37). The van der Waals surface area contributed by atoms with Gasteiger partial charge in [-0.2, -0.15) is 8.42 Å². The number of nitrogens with zero attached hydrogens (tertiary/aromatic N) is 2. The van der Waals surface area contributed by atoms with E-state index >= 15 is 0 Å². The summed E-state index contributed by atoms with van der Waals surface area (Å²) in [7, 11) is -4.32. The first-order valence-electron chi connectivity index (χ1n) is 13.5.